The average Bonchev–Trinajstić information content (AvgIpc) is 2.16. The van der Waals surface area contributed by atoms with Crippen LogP contribution in [0.1, 0.15) is 46.0 Å². The Morgan fingerprint density at radius 1 is 1.19 bits per heavy atom. The summed E-state index contributed by atoms with van der Waals surface area (Å²) in [6.45, 7) is 8.03. The molecule has 16 heavy (non-hydrogen) atoms. The molecule has 1 rings (SSSR count). The summed E-state index contributed by atoms with van der Waals surface area (Å²) in [6.07, 6.45) is 8.31. The van der Waals surface area contributed by atoms with Gasteiger partial charge in [-0.2, -0.15) is 0 Å². The van der Waals surface area contributed by atoms with Gasteiger partial charge >= 0.3 is 0 Å². The molecule has 92 valence electrons. The molecule has 0 atom stereocenters. The second-order valence-electron chi connectivity index (χ2n) is 5.41. The summed E-state index contributed by atoms with van der Waals surface area (Å²) in [5, 5.41) is 0. The van der Waals surface area contributed by atoms with E-state index in [9.17, 15) is 4.79 Å². The third-order valence-corrected chi connectivity index (χ3v) is 6.81. The molecule has 0 amide bonds. The van der Waals surface area contributed by atoms with Gasteiger partial charge in [-0.25, -0.2) is 0 Å². The van der Waals surface area contributed by atoms with E-state index in [0.717, 1.165) is 11.3 Å². The van der Waals surface area contributed by atoms with Crippen LogP contribution < -0.4 is 0 Å². The highest BCUT2D eigenvalue weighted by Crippen LogP contribution is 2.38. The molecule has 1 saturated carbocycles. The van der Waals surface area contributed by atoms with E-state index in [4.69, 9.17) is 4.43 Å². The Labute approximate surface area is 100 Å². The van der Waals surface area contributed by atoms with Crippen LogP contribution in [0, 0.1) is 0 Å². The van der Waals surface area contributed by atoms with E-state index in [2.05, 4.69) is 13.1 Å². The first-order valence-corrected chi connectivity index (χ1v) is 9.28. The summed E-state index contributed by atoms with van der Waals surface area (Å²) in [5.74, 6) is 0.876. The Bertz CT molecular complexity index is 276. The van der Waals surface area contributed by atoms with Crippen molar-refractivity contribution in [1.82, 2.24) is 0 Å². The molecule has 0 spiro atoms. The first-order valence-electron chi connectivity index (χ1n) is 6.29. The molecular weight excluding hydrogens is 216 g/mol. The number of allylic oxidation sites excluding steroid dienone is 2. The zero-order chi connectivity index (χ0) is 12.2. The number of carbonyl (C=O) groups excluding carboxylic acids is 1. The lowest BCUT2D eigenvalue weighted by Gasteiger charge is -2.35. The number of hydrogen-bond acceptors (Lipinski definition) is 2. The Kier molecular flexibility index (Phi) is 4.78. The van der Waals surface area contributed by atoms with E-state index in [1.807, 2.05) is 6.92 Å². The Morgan fingerprint density at radius 3 is 2.25 bits per heavy atom. The van der Waals surface area contributed by atoms with Gasteiger partial charge in [0.2, 0.25) is 8.32 Å². The minimum atomic E-state index is -1.65. The fourth-order valence-corrected chi connectivity index (χ4v) is 5.47. The van der Waals surface area contributed by atoms with E-state index in [1.165, 1.54) is 32.1 Å². The SMILES string of the molecule is CC(=O)/C=C(/C)O[Si](C)(C)C1CCCCC1. The van der Waals surface area contributed by atoms with Crippen molar-refractivity contribution in [1.29, 1.82) is 0 Å². The number of carbonyl (C=O) groups is 1. The van der Waals surface area contributed by atoms with Gasteiger partial charge in [-0.1, -0.05) is 19.3 Å². The Morgan fingerprint density at radius 2 is 1.75 bits per heavy atom. The molecule has 0 saturated heterocycles. The number of hydrogen-bond donors (Lipinski definition) is 0. The fraction of sp³-hybridized carbons (Fsp3) is 0.769. The highest BCUT2D eigenvalue weighted by Gasteiger charge is 2.36. The smallest absolute Gasteiger partial charge is 0.247 e. The van der Waals surface area contributed by atoms with Crippen molar-refractivity contribution >= 4 is 14.1 Å². The van der Waals surface area contributed by atoms with Gasteiger partial charge in [0.1, 0.15) is 0 Å². The van der Waals surface area contributed by atoms with E-state index in [0.29, 0.717) is 0 Å². The van der Waals surface area contributed by atoms with Crippen LogP contribution in [0.4, 0.5) is 0 Å². The first-order chi connectivity index (χ1) is 7.42. The van der Waals surface area contributed by atoms with Gasteiger partial charge in [0.05, 0.1) is 5.76 Å². The number of rotatable bonds is 4. The maximum atomic E-state index is 11.0. The Hall–Kier alpha value is -0.573. The minimum absolute atomic E-state index is 0.0749. The minimum Gasteiger partial charge on any atom is -0.547 e. The van der Waals surface area contributed by atoms with Crippen LogP contribution >= 0.6 is 0 Å². The van der Waals surface area contributed by atoms with Gasteiger partial charge in [-0.15, -0.1) is 0 Å². The molecule has 0 bridgehead atoms. The maximum Gasteiger partial charge on any atom is 0.247 e. The van der Waals surface area contributed by atoms with Crippen LogP contribution in [0.5, 0.6) is 0 Å². The lowest BCUT2D eigenvalue weighted by molar-refractivity contribution is -0.112. The van der Waals surface area contributed by atoms with E-state index in [-0.39, 0.29) is 5.78 Å². The van der Waals surface area contributed by atoms with Crippen molar-refractivity contribution in [2.45, 2.75) is 64.6 Å². The van der Waals surface area contributed by atoms with Gasteiger partial charge in [0.25, 0.3) is 0 Å². The van der Waals surface area contributed by atoms with Crippen LogP contribution in [0.25, 0.3) is 0 Å². The molecule has 1 aliphatic rings. The summed E-state index contributed by atoms with van der Waals surface area (Å²) in [4.78, 5) is 11.0. The average molecular weight is 240 g/mol. The second-order valence-corrected chi connectivity index (χ2v) is 9.63. The molecule has 0 aliphatic heterocycles. The predicted octanol–water partition coefficient (Wildman–Crippen LogP) is 4.04. The topological polar surface area (TPSA) is 26.3 Å². The predicted molar refractivity (Wildman–Crippen MR) is 69.8 cm³/mol. The zero-order valence-electron chi connectivity index (χ0n) is 11.0. The molecule has 1 aliphatic carbocycles. The van der Waals surface area contributed by atoms with Crippen LogP contribution in [0.15, 0.2) is 11.8 Å². The van der Waals surface area contributed by atoms with Gasteiger partial charge < -0.3 is 4.43 Å². The molecule has 0 unspecified atom stereocenters. The van der Waals surface area contributed by atoms with Gasteiger partial charge in [-0.3, -0.25) is 4.79 Å². The largest absolute Gasteiger partial charge is 0.547 e. The highest BCUT2D eigenvalue weighted by molar-refractivity contribution is 6.72. The summed E-state index contributed by atoms with van der Waals surface area (Å²) < 4.78 is 6.07. The molecule has 3 heteroatoms. The Balaban J connectivity index is 2.58. The molecular formula is C13H24O2Si. The van der Waals surface area contributed by atoms with Crippen molar-refractivity contribution in [2.24, 2.45) is 0 Å². The molecule has 0 N–H and O–H groups in total. The number of ketones is 1. The summed E-state index contributed by atoms with van der Waals surface area (Å²) in [6, 6.07) is 0. The van der Waals surface area contributed by atoms with Crippen LogP contribution in [0.2, 0.25) is 18.6 Å². The molecule has 0 aromatic carbocycles. The second kappa shape index (κ2) is 5.67. The van der Waals surface area contributed by atoms with Crippen LogP contribution in [-0.4, -0.2) is 14.1 Å². The quantitative estimate of drug-likeness (QED) is 0.421. The molecule has 0 radical (unpaired) electrons. The maximum absolute atomic E-state index is 11.0. The van der Waals surface area contributed by atoms with E-state index < -0.39 is 8.32 Å². The lowest BCUT2D eigenvalue weighted by Crippen LogP contribution is -2.37. The lowest BCUT2D eigenvalue weighted by atomic mass is 10.0. The molecule has 0 aromatic rings. The van der Waals surface area contributed by atoms with Crippen LogP contribution in [-0.2, 0) is 9.22 Å². The first kappa shape index (κ1) is 13.5. The third-order valence-electron chi connectivity index (χ3n) is 3.42. The highest BCUT2D eigenvalue weighted by atomic mass is 28.4. The van der Waals surface area contributed by atoms with Gasteiger partial charge in [-0.05, 0) is 45.3 Å². The van der Waals surface area contributed by atoms with Crippen molar-refractivity contribution in [3.63, 3.8) is 0 Å². The standard InChI is InChI=1S/C13H24O2Si/c1-11(14)10-12(2)15-16(3,4)13-8-6-5-7-9-13/h10,13H,5-9H2,1-4H3/b12-10-. The van der Waals surface area contributed by atoms with Gasteiger partial charge in [0.15, 0.2) is 5.78 Å². The molecule has 0 aromatic heterocycles. The molecule has 0 heterocycles. The van der Waals surface area contributed by atoms with Crippen molar-refractivity contribution in [3.05, 3.63) is 11.8 Å². The summed E-state index contributed by atoms with van der Waals surface area (Å²) in [5.41, 5.74) is 0.761. The fourth-order valence-electron chi connectivity index (χ4n) is 2.61. The molecule has 2 nitrogen and oxygen atoms in total. The van der Waals surface area contributed by atoms with E-state index >= 15 is 0 Å². The monoisotopic (exact) mass is 240 g/mol. The summed E-state index contributed by atoms with van der Waals surface area (Å²) >= 11 is 0. The zero-order valence-corrected chi connectivity index (χ0v) is 12.0. The normalized spacial score (nSPS) is 19.6. The van der Waals surface area contributed by atoms with Crippen LogP contribution in [0.3, 0.4) is 0 Å². The summed E-state index contributed by atoms with van der Waals surface area (Å²) in [7, 11) is -1.65. The van der Waals surface area contributed by atoms with Crippen molar-refractivity contribution < 1.29 is 9.22 Å². The third kappa shape index (κ3) is 4.12. The van der Waals surface area contributed by atoms with Gasteiger partial charge in [0, 0.05) is 6.08 Å². The van der Waals surface area contributed by atoms with Crippen molar-refractivity contribution in [2.75, 3.05) is 0 Å². The van der Waals surface area contributed by atoms with Crippen molar-refractivity contribution in [3.8, 4) is 0 Å². The molecule has 1 fully saturated rings. The van der Waals surface area contributed by atoms with E-state index in [1.54, 1.807) is 13.0 Å².